The third-order valence-corrected chi connectivity index (χ3v) is 11.5. The van der Waals surface area contributed by atoms with E-state index in [1.54, 1.807) is 6.08 Å². The Morgan fingerprint density at radius 3 is 1.28 bits per heavy atom. The van der Waals surface area contributed by atoms with Gasteiger partial charge in [0.25, 0.3) is 0 Å². The zero-order valence-electron chi connectivity index (χ0n) is 38.1. The molecule has 0 fully saturated rings. The summed E-state index contributed by atoms with van der Waals surface area (Å²) in [5, 5.41) is 22.9. The van der Waals surface area contributed by atoms with E-state index >= 15 is 0 Å². The molecule has 3 N–H and O–H groups in total. The van der Waals surface area contributed by atoms with Gasteiger partial charge in [0.15, 0.2) is 0 Å². The molecule has 0 bridgehead atoms. The van der Waals surface area contributed by atoms with E-state index in [1.807, 2.05) is 6.08 Å². The molecule has 2 atom stereocenters. The summed E-state index contributed by atoms with van der Waals surface area (Å²) in [6, 6.07) is -0.627. The van der Waals surface area contributed by atoms with E-state index in [0.717, 1.165) is 44.9 Å². The van der Waals surface area contributed by atoms with Crippen molar-refractivity contribution in [1.29, 1.82) is 0 Å². The number of hydrogen-bond acceptors (Lipinski definition) is 5. The van der Waals surface area contributed by atoms with Crippen LogP contribution in [0.2, 0.25) is 0 Å². The molecule has 0 heterocycles. The minimum atomic E-state index is -0.843. The van der Waals surface area contributed by atoms with E-state index in [-0.39, 0.29) is 18.5 Å². The first-order valence-corrected chi connectivity index (χ1v) is 25.1. The van der Waals surface area contributed by atoms with Crippen molar-refractivity contribution in [2.45, 2.75) is 276 Å². The molecule has 0 saturated heterocycles. The van der Waals surface area contributed by atoms with Gasteiger partial charge in [-0.15, -0.1) is 0 Å². The van der Waals surface area contributed by atoms with Crippen molar-refractivity contribution >= 4 is 11.9 Å². The molecule has 0 rings (SSSR count). The predicted octanol–water partition coefficient (Wildman–Crippen LogP) is 14.7. The average Bonchev–Trinajstić information content (AvgIpc) is 3.21. The number of aliphatic hydroxyl groups excluding tert-OH is 2. The second-order valence-electron chi connectivity index (χ2n) is 17.1. The first-order chi connectivity index (χ1) is 28.0. The second kappa shape index (κ2) is 47.0. The second-order valence-corrected chi connectivity index (χ2v) is 17.1. The van der Waals surface area contributed by atoms with Crippen molar-refractivity contribution in [3.05, 3.63) is 24.3 Å². The van der Waals surface area contributed by atoms with Gasteiger partial charge in [-0.25, -0.2) is 0 Å². The Kier molecular flexibility index (Phi) is 45.7. The van der Waals surface area contributed by atoms with Crippen LogP contribution in [0.5, 0.6) is 0 Å². The molecule has 0 aliphatic heterocycles. The fourth-order valence-electron chi connectivity index (χ4n) is 7.57. The van der Waals surface area contributed by atoms with Crippen LogP contribution in [0.4, 0.5) is 0 Å². The number of rotatable bonds is 46. The minimum Gasteiger partial charge on any atom is -0.466 e. The third kappa shape index (κ3) is 43.7. The van der Waals surface area contributed by atoms with Gasteiger partial charge < -0.3 is 20.3 Å². The van der Waals surface area contributed by atoms with Crippen LogP contribution in [0.1, 0.15) is 264 Å². The Morgan fingerprint density at radius 2 is 0.825 bits per heavy atom. The number of allylic oxidation sites excluding steroid dienone is 3. The number of carbonyl (C=O) groups excluding carboxylic acids is 2. The molecule has 0 aromatic carbocycles. The van der Waals surface area contributed by atoms with Crippen LogP contribution in [0.25, 0.3) is 0 Å². The molecular weight excluding hydrogens is 707 g/mol. The summed E-state index contributed by atoms with van der Waals surface area (Å²) in [5.74, 6) is -0.0766. The number of carbonyl (C=O) groups is 2. The fraction of sp³-hybridized carbons (Fsp3) is 0.882. The van der Waals surface area contributed by atoms with E-state index in [2.05, 4.69) is 31.3 Å². The van der Waals surface area contributed by atoms with Crippen LogP contribution in [-0.2, 0) is 14.3 Å². The minimum absolute atomic E-state index is 0.00251. The van der Waals surface area contributed by atoms with E-state index in [1.165, 1.54) is 193 Å². The topological polar surface area (TPSA) is 95.9 Å². The zero-order valence-corrected chi connectivity index (χ0v) is 38.1. The van der Waals surface area contributed by atoms with Gasteiger partial charge in [-0.3, -0.25) is 9.59 Å². The molecule has 6 heteroatoms. The van der Waals surface area contributed by atoms with Crippen LogP contribution < -0.4 is 5.32 Å². The van der Waals surface area contributed by atoms with E-state index in [9.17, 15) is 19.8 Å². The van der Waals surface area contributed by atoms with Gasteiger partial charge in [0.05, 0.1) is 25.4 Å². The molecule has 0 aliphatic carbocycles. The number of ether oxygens (including phenoxy) is 1. The molecular formula is C51H97NO5. The van der Waals surface area contributed by atoms with Crippen LogP contribution in [0.15, 0.2) is 24.3 Å². The molecule has 0 aliphatic rings. The molecule has 0 aromatic rings. The van der Waals surface area contributed by atoms with Gasteiger partial charge >= 0.3 is 5.97 Å². The Balaban J connectivity index is 3.40. The highest BCUT2D eigenvalue weighted by atomic mass is 16.5. The molecule has 2 unspecified atom stereocenters. The molecule has 1 amide bonds. The molecule has 57 heavy (non-hydrogen) atoms. The van der Waals surface area contributed by atoms with Crippen LogP contribution in [0.3, 0.4) is 0 Å². The Morgan fingerprint density at radius 1 is 0.474 bits per heavy atom. The first kappa shape index (κ1) is 55.3. The van der Waals surface area contributed by atoms with Crippen molar-refractivity contribution in [2.24, 2.45) is 0 Å². The van der Waals surface area contributed by atoms with E-state index in [0.29, 0.717) is 19.4 Å². The lowest BCUT2D eigenvalue weighted by atomic mass is 10.0. The highest BCUT2D eigenvalue weighted by Gasteiger charge is 2.18. The maximum Gasteiger partial charge on any atom is 0.305 e. The largest absolute Gasteiger partial charge is 0.466 e. The molecule has 6 nitrogen and oxygen atoms in total. The van der Waals surface area contributed by atoms with Gasteiger partial charge in [0.1, 0.15) is 0 Å². The molecule has 0 saturated carbocycles. The summed E-state index contributed by atoms with van der Waals surface area (Å²) in [7, 11) is 0. The summed E-state index contributed by atoms with van der Waals surface area (Å²) in [6.07, 6.45) is 54.7. The van der Waals surface area contributed by atoms with Crippen molar-refractivity contribution in [1.82, 2.24) is 5.32 Å². The van der Waals surface area contributed by atoms with Crippen LogP contribution in [0, 0.1) is 0 Å². The van der Waals surface area contributed by atoms with Crippen molar-refractivity contribution in [3.63, 3.8) is 0 Å². The average molecular weight is 804 g/mol. The lowest BCUT2D eigenvalue weighted by Gasteiger charge is -2.20. The normalized spacial score (nSPS) is 12.8. The number of aliphatic hydroxyl groups is 2. The number of amides is 1. The zero-order chi connectivity index (χ0) is 41.5. The lowest BCUT2D eigenvalue weighted by molar-refractivity contribution is -0.143. The number of hydrogen-bond donors (Lipinski definition) is 3. The smallest absolute Gasteiger partial charge is 0.305 e. The summed E-state index contributed by atoms with van der Waals surface area (Å²) in [5.41, 5.74) is 0. The summed E-state index contributed by atoms with van der Waals surface area (Å²) in [4.78, 5) is 24.3. The summed E-state index contributed by atoms with van der Waals surface area (Å²) >= 11 is 0. The highest BCUT2D eigenvalue weighted by Crippen LogP contribution is 2.16. The van der Waals surface area contributed by atoms with Crippen LogP contribution >= 0.6 is 0 Å². The van der Waals surface area contributed by atoms with Gasteiger partial charge in [-0.05, 0) is 57.8 Å². The van der Waals surface area contributed by atoms with Crippen molar-refractivity contribution in [3.8, 4) is 0 Å². The van der Waals surface area contributed by atoms with Gasteiger partial charge in [0.2, 0.25) is 5.91 Å². The standard InChI is InChI=1S/C51H97NO5/c1-3-5-7-9-11-13-14-25-29-33-37-41-45-51(56)57-46-42-38-34-30-26-23-21-19-17-15-16-18-20-22-24-28-32-36-40-44-50(55)52-48(47-53)49(54)43-39-35-31-27-12-10-8-6-4-2/h11,13,39,43,48-49,53-54H,3-10,12,14-38,40-42,44-47H2,1-2H3,(H,52,55)/b13-11-,43-39+. The Labute approximate surface area is 354 Å². The first-order valence-electron chi connectivity index (χ1n) is 25.1. The lowest BCUT2D eigenvalue weighted by Crippen LogP contribution is -2.45. The van der Waals surface area contributed by atoms with Gasteiger partial charge in [-0.2, -0.15) is 0 Å². The quantitative estimate of drug-likeness (QED) is 0.0324. The number of esters is 1. The van der Waals surface area contributed by atoms with E-state index < -0.39 is 12.1 Å². The number of nitrogens with one attached hydrogen (secondary N) is 1. The maximum absolute atomic E-state index is 12.4. The number of unbranched alkanes of at least 4 members (excludes halogenated alkanes) is 33. The maximum atomic E-state index is 12.4. The third-order valence-electron chi connectivity index (χ3n) is 11.5. The molecule has 0 aromatic heterocycles. The van der Waals surface area contributed by atoms with Crippen molar-refractivity contribution in [2.75, 3.05) is 13.2 Å². The molecule has 0 spiro atoms. The highest BCUT2D eigenvalue weighted by molar-refractivity contribution is 5.76. The Bertz CT molecular complexity index is 889. The molecule has 336 valence electrons. The SMILES string of the molecule is CCCCC/C=C\CCCCCCCC(=O)OCCCCCCCCCCCCCCCCCCCCCC(=O)NC(CO)C(O)/C=C/CCCCCCCCC. The fourth-order valence-corrected chi connectivity index (χ4v) is 7.57. The van der Waals surface area contributed by atoms with Gasteiger partial charge in [0, 0.05) is 12.8 Å². The summed E-state index contributed by atoms with van der Waals surface area (Å²) < 4.78 is 5.45. The van der Waals surface area contributed by atoms with Crippen molar-refractivity contribution < 1.29 is 24.5 Å². The predicted molar refractivity (Wildman–Crippen MR) is 246 cm³/mol. The summed E-state index contributed by atoms with van der Waals surface area (Å²) in [6.45, 7) is 4.84. The molecule has 0 radical (unpaired) electrons. The van der Waals surface area contributed by atoms with E-state index in [4.69, 9.17) is 4.74 Å². The van der Waals surface area contributed by atoms with Gasteiger partial charge in [-0.1, -0.05) is 218 Å². The Hall–Kier alpha value is -1.66. The van der Waals surface area contributed by atoms with Crippen LogP contribution in [-0.4, -0.2) is 47.4 Å². The monoisotopic (exact) mass is 804 g/mol.